The summed E-state index contributed by atoms with van der Waals surface area (Å²) in [7, 11) is 4.11. The molecule has 0 aliphatic heterocycles. The van der Waals surface area contributed by atoms with Gasteiger partial charge in [-0.25, -0.2) is 0 Å². The van der Waals surface area contributed by atoms with E-state index in [0.29, 0.717) is 0 Å². The highest BCUT2D eigenvalue weighted by atomic mass is 127. The molecule has 0 bridgehead atoms. The SMILES string of the molecule is CCNC(=NCCCCn1c(C)cccc1=O)N(C)Cc1cccn1C.I. The number of halogens is 1. The Morgan fingerprint density at radius 1 is 1.22 bits per heavy atom. The molecule has 1 N–H and O–H groups in total. The van der Waals surface area contributed by atoms with Crippen LogP contribution in [0.1, 0.15) is 31.2 Å². The number of pyridine rings is 1. The first-order valence-corrected chi connectivity index (χ1v) is 9.29. The molecule has 0 fully saturated rings. The van der Waals surface area contributed by atoms with Crippen molar-refractivity contribution < 1.29 is 0 Å². The molecule has 0 saturated heterocycles. The number of hydrogen-bond acceptors (Lipinski definition) is 2. The first kappa shape index (κ1) is 23.3. The molecule has 7 heteroatoms. The fourth-order valence-corrected chi connectivity index (χ4v) is 2.92. The lowest BCUT2D eigenvalue weighted by Crippen LogP contribution is -2.38. The molecule has 2 aromatic rings. The van der Waals surface area contributed by atoms with E-state index in [1.165, 1.54) is 5.69 Å². The number of aromatic nitrogens is 2. The van der Waals surface area contributed by atoms with Gasteiger partial charge in [-0.2, -0.15) is 0 Å². The van der Waals surface area contributed by atoms with E-state index >= 15 is 0 Å². The van der Waals surface area contributed by atoms with Gasteiger partial charge in [0.15, 0.2) is 5.96 Å². The first-order chi connectivity index (χ1) is 12.5. The number of rotatable bonds is 8. The fourth-order valence-electron chi connectivity index (χ4n) is 2.92. The number of nitrogens with one attached hydrogen (secondary N) is 1. The Bertz CT molecular complexity index is 781. The molecule has 2 rings (SSSR count). The van der Waals surface area contributed by atoms with Gasteiger partial charge in [0.2, 0.25) is 0 Å². The molecule has 0 spiro atoms. The molecular weight excluding hydrogens is 453 g/mol. The molecule has 0 amide bonds. The molecule has 0 radical (unpaired) electrons. The van der Waals surface area contributed by atoms with Crippen LogP contribution in [0, 0.1) is 6.92 Å². The number of nitrogens with zero attached hydrogens (tertiary/aromatic N) is 4. The topological polar surface area (TPSA) is 54.6 Å². The second-order valence-electron chi connectivity index (χ2n) is 6.57. The standard InChI is InChI=1S/C20H31N5O.HI/c1-5-21-20(24(4)16-18-11-9-14-23(18)3)22-13-6-7-15-25-17(2)10-8-12-19(25)26;/h8-12,14H,5-7,13,15-16H2,1-4H3,(H,21,22);1H. The van der Waals surface area contributed by atoms with E-state index < -0.39 is 0 Å². The van der Waals surface area contributed by atoms with Crippen LogP contribution >= 0.6 is 24.0 Å². The maximum atomic E-state index is 11.9. The summed E-state index contributed by atoms with van der Waals surface area (Å²) in [6.07, 6.45) is 3.95. The van der Waals surface area contributed by atoms with Crippen LogP contribution in [0.3, 0.4) is 0 Å². The van der Waals surface area contributed by atoms with Crippen molar-refractivity contribution in [3.8, 4) is 0 Å². The summed E-state index contributed by atoms with van der Waals surface area (Å²) in [6.45, 7) is 7.21. The van der Waals surface area contributed by atoms with E-state index in [-0.39, 0.29) is 29.5 Å². The van der Waals surface area contributed by atoms with Gasteiger partial charge in [-0.3, -0.25) is 9.79 Å². The Balaban J connectivity index is 0.00000364. The number of aryl methyl sites for hydroxylation is 2. The van der Waals surface area contributed by atoms with Crippen molar-refractivity contribution in [3.63, 3.8) is 0 Å². The molecule has 150 valence electrons. The van der Waals surface area contributed by atoms with E-state index in [4.69, 9.17) is 4.99 Å². The second kappa shape index (κ2) is 11.8. The third-order valence-corrected chi connectivity index (χ3v) is 4.47. The molecule has 0 aliphatic rings. The Hall–Kier alpha value is -1.77. The maximum Gasteiger partial charge on any atom is 0.250 e. The van der Waals surface area contributed by atoms with Gasteiger partial charge in [0, 0.05) is 57.4 Å². The zero-order valence-corrected chi connectivity index (χ0v) is 19.1. The third-order valence-electron chi connectivity index (χ3n) is 4.47. The highest BCUT2D eigenvalue weighted by Crippen LogP contribution is 2.04. The van der Waals surface area contributed by atoms with Gasteiger partial charge < -0.3 is 19.4 Å². The van der Waals surface area contributed by atoms with Gasteiger partial charge in [0.25, 0.3) is 5.56 Å². The van der Waals surface area contributed by atoms with Crippen LogP contribution in [0.4, 0.5) is 0 Å². The van der Waals surface area contributed by atoms with Crippen molar-refractivity contribution in [2.45, 2.75) is 39.8 Å². The van der Waals surface area contributed by atoms with Gasteiger partial charge in [0.1, 0.15) is 0 Å². The van der Waals surface area contributed by atoms with Crippen molar-refractivity contribution in [1.29, 1.82) is 0 Å². The Morgan fingerprint density at radius 3 is 2.63 bits per heavy atom. The summed E-state index contributed by atoms with van der Waals surface area (Å²) in [6, 6.07) is 9.58. The van der Waals surface area contributed by atoms with Crippen molar-refractivity contribution in [3.05, 3.63) is 58.3 Å². The number of guanidine groups is 1. The molecule has 6 nitrogen and oxygen atoms in total. The van der Waals surface area contributed by atoms with Crippen LogP contribution in [0.15, 0.2) is 46.3 Å². The molecule has 0 saturated carbocycles. The van der Waals surface area contributed by atoms with Gasteiger partial charge >= 0.3 is 0 Å². The average molecular weight is 485 g/mol. The summed E-state index contributed by atoms with van der Waals surface area (Å²) >= 11 is 0. The minimum atomic E-state index is 0. The molecule has 0 aromatic carbocycles. The van der Waals surface area contributed by atoms with Crippen molar-refractivity contribution in [1.82, 2.24) is 19.4 Å². The summed E-state index contributed by atoms with van der Waals surface area (Å²) in [5.41, 5.74) is 2.33. The summed E-state index contributed by atoms with van der Waals surface area (Å²) < 4.78 is 3.95. The van der Waals surface area contributed by atoms with Crippen molar-refractivity contribution >= 4 is 29.9 Å². The lowest BCUT2D eigenvalue weighted by Gasteiger charge is -2.22. The van der Waals surface area contributed by atoms with Crippen LogP contribution < -0.4 is 10.9 Å². The first-order valence-electron chi connectivity index (χ1n) is 9.29. The van der Waals surface area contributed by atoms with Crippen LogP contribution in [0.5, 0.6) is 0 Å². The fraction of sp³-hybridized carbons (Fsp3) is 0.500. The van der Waals surface area contributed by atoms with E-state index in [1.807, 2.05) is 23.6 Å². The second-order valence-corrected chi connectivity index (χ2v) is 6.57. The quantitative estimate of drug-likeness (QED) is 0.271. The lowest BCUT2D eigenvalue weighted by atomic mass is 10.3. The zero-order chi connectivity index (χ0) is 18.9. The minimum absolute atomic E-state index is 0. The predicted molar refractivity (Wildman–Crippen MR) is 123 cm³/mol. The van der Waals surface area contributed by atoms with Crippen LogP contribution in [0.2, 0.25) is 0 Å². The molecule has 2 heterocycles. The highest BCUT2D eigenvalue weighted by molar-refractivity contribution is 14.0. The molecule has 0 atom stereocenters. The van der Waals surface area contributed by atoms with E-state index in [9.17, 15) is 4.79 Å². The Kier molecular flexibility index (Phi) is 10.2. The number of unbranched alkanes of at least 4 members (excludes halogenated alkanes) is 1. The van der Waals surface area contributed by atoms with Crippen LogP contribution in [-0.2, 0) is 20.1 Å². The Morgan fingerprint density at radius 2 is 2.00 bits per heavy atom. The van der Waals surface area contributed by atoms with Crippen LogP contribution in [-0.4, -0.2) is 40.1 Å². The van der Waals surface area contributed by atoms with E-state index in [2.05, 4.69) is 54.1 Å². The molecular formula is C20H32IN5O. The third kappa shape index (κ3) is 7.04. The maximum absolute atomic E-state index is 11.9. The Labute approximate surface area is 179 Å². The van der Waals surface area contributed by atoms with E-state index in [0.717, 1.165) is 50.7 Å². The van der Waals surface area contributed by atoms with Crippen molar-refractivity contribution in [2.24, 2.45) is 12.0 Å². The molecule has 27 heavy (non-hydrogen) atoms. The smallest absolute Gasteiger partial charge is 0.250 e. The van der Waals surface area contributed by atoms with Crippen molar-refractivity contribution in [2.75, 3.05) is 20.1 Å². The molecule has 2 aromatic heterocycles. The molecule has 0 aliphatic carbocycles. The summed E-state index contributed by atoms with van der Waals surface area (Å²) in [5.74, 6) is 0.918. The van der Waals surface area contributed by atoms with Gasteiger partial charge in [0.05, 0.1) is 6.54 Å². The largest absolute Gasteiger partial charge is 0.357 e. The summed E-state index contributed by atoms with van der Waals surface area (Å²) in [5, 5.41) is 3.35. The van der Waals surface area contributed by atoms with Gasteiger partial charge in [-0.1, -0.05) is 6.07 Å². The lowest BCUT2D eigenvalue weighted by molar-refractivity contribution is 0.461. The minimum Gasteiger partial charge on any atom is -0.357 e. The van der Waals surface area contributed by atoms with Gasteiger partial charge in [-0.05, 0) is 44.9 Å². The number of aliphatic imine (C=N–C) groups is 1. The van der Waals surface area contributed by atoms with Crippen LogP contribution in [0.25, 0.3) is 0 Å². The van der Waals surface area contributed by atoms with Gasteiger partial charge in [-0.15, -0.1) is 24.0 Å². The predicted octanol–water partition coefficient (Wildman–Crippen LogP) is 2.99. The zero-order valence-electron chi connectivity index (χ0n) is 16.8. The molecule has 0 unspecified atom stereocenters. The monoisotopic (exact) mass is 485 g/mol. The number of hydrogen-bond donors (Lipinski definition) is 1. The highest BCUT2D eigenvalue weighted by Gasteiger charge is 2.08. The normalized spacial score (nSPS) is 11.2. The average Bonchev–Trinajstić information content (AvgIpc) is 3.00. The van der Waals surface area contributed by atoms with E-state index in [1.54, 1.807) is 6.07 Å². The summed E-state index contributed by atoms with van der Waals surface area (Å²) in [4.78, 5) is 18.8.